The van der Waals surface area contributed by atoms with E-state index in [-0.39, 0.29) is 5.78 Å². The number of fused-ring (bicyclic) bond motifs is 3. The molecule has 0 aromatic heterocycles. The van der Waals surface area contributed by atoms with Gasteiger partial charge in [-0.05, 0) is 17.7 Å². The summed E-state index contributed by atoms with van der Waals surface area (Å²) in [6.07, 6.45) is 2.49. The van der Waals surface area contributed by atoms with Gasteiger partial charge in [0.1, 0.15) is 0 Å². The maximum Gasteiger partial charge on any atom is 0.156 e. The van der Waals surface area contributed by atoms with Crippen molar-refractivity contribution in [2.75, 3.05) is 11.9 Å². The number of rotatable bonds is 0. The minimum Gasteiger partial charge on any atom is -0.384 e. The van der Waals surface area contributed by atoms with Gasteiger partial charge in [0.2, 0.25) is 0 Å². The summed E-state index contributed by atoms with van der Waals surface area (Å²) < 4.78 is 0. The highest BCUT2D eigenvalue weighted by atomic mass is 16.1. The molecule has 1 unspecified atom stereocenters. The predicted octanol–water partition coefficient (Wildman–Crippen LogP) is 2.08. The Kier molecular flexibility index (Phi) is 1.51. The van der Waals surface area contributed by atoms with Gasteiger partial charge in [0.05, 0.1) is 0 Å². The zero-order valence-electron chi connectivity index (χ0n) is 7.79. The van der Waals surface area contributed by atoms with Gasteiger partial charge in [-0.25, -0.2) is 0 Å². The lowest BCUT2D eigenvalue weighted by Crippen LogP contribution is -2.20. The van der Waals surface area contributed by atoms with E-state index in [9.17, 15) is 4.79 Å². The van der Waals surface area contributed by atoms with E-state index in [1.54, 1.807) is 0 Å². The van der Waals surface area contributed by atoms with Crippen LogP contribution in [0.4, 0.5) is 5.69 Å². The lowest BCUT2D eigenvalue weighted by molar-refractivity contribution is -0.114. The molecule has 1 N–H and O–H groups in total. The third-order valence-electron chi connectivity index (χ3n) is 2.98. The molecular weight excluding hydrogens is 174 g/mol. The monoisotopic (exact) mass is 185 g/mol. The molecule has 2 heteroatoms. The lowest BCUT2D eigenvalue weighted by atomic mass is 9.90. The zero-order valence-corrected chi connectivity index (χ0v) is 7.79. The zero-order chi connectivity index (χ0) is 9.54. The largest absolute Gasteiger partial charge is 0.384 e. The second-order valence-corrected chi connectivity index (χ2v) is 3.89. The summed E-state index contributed by atoms with van der Waals surface area (Å²) in [5.41, 5.74) is 3.59. The molecule has 1 aromatic carbocycles. The Morgan fingerprint density at radius 2 is 2.14 bits per heavy atom. The standard InChI is InChI=1S/C12H11NO/c14-9-5-8-7-13-12-4-2-1-3-10(12)11(8)6-9/h1-4,6,8,13H,5,7H2. The average Bonchev–Trinajstić information content (AvgIpc) is 2.59. The van der Waals surface area contributed by atoms with Crippen LogP contribution in [0.1, 0.15) is 12.0 Å². The van der Waals surface area contributed by atoms with E-state index in [2.05, 4.69) is 17.4 Å². The molecule has 0 spiro atoms. The summed E-state index contributed by atoms with van der Waals surface area (Å²) >= 11 is 0. The number of carbonyl (C=O) groups excluding carboxylic acids is 1. The second kappa shape index (κ2) is 2.71. The second-order valence-electron chi connectivity index (χ2n) is 3.89. The number of nitrogens with one attached hydrogen (secondary N) is 1. The fourth-order valence-electron chi connectivity index (χ4n) is 2.30. The van der Waals surface area contributed by atoms with Crippen molar-refractivity contribution in [1.29, 1.82) is 0 Å². The molecule has 3 rings (SSSR count). The Morgan fingerprint density at radius 1 is 1.29 bits per heavy atom. The summed E-state index contributed by atoms with van der Waals surface area (Å²) in [4.78, 5) is 11.3. The normalized spacial score (nSPS) is 23.6. The molecular formula is C12H11NO. The molecule has 1 aromatic rings. The van der Waals surface area contributed by atoms with Crippen molar-refractivity contribution < 1.29 is 4.79 Å². The number of allylic oxidation sites excluding steroid dienone is 1. The first-order chi connectivity index (χ1) is 6.84. The van der Waals surface area contributed by atoms with E-state index in [1.807, 2.05) is 18.2 Å². The molecule has 2 nitrogen and oxygen atoms in total. The third kappa shape index (κ3) is 1.00. The number of ketones is 1. The van der Waals surface area contributed by atoms with Crippen LogP contribution in [0.3, 0.4) is 0 Å². The first-order valence-corrected chi connectivity index (χ1v) is 4.92. The number of hydrogen-bond acceptors (Lipinski definition) is 2. The SMILES string of the molecule is O=C1C=C2c3ccccc3NCC2C1. The molecule has 0 radical (unpaired) electrons. The van der Waals surface area contributed by atoms with Crippen molar-refractivity contribution in [3.05, 3.63) is 35.9 Å². The summed E-state index contributed by atoms with van der Waals surface area (Å²) in [7, 11) is 0. The quantitative estimate of drug-likeness (QED) is 0.670. The highest BCUT2D eigenvalue weighted by molar-refractivity contribution is 6.04. The van der Waals surface area contributed by atoms with Gasteiger partial charge in [-0.1, -0.05) is 18.2 Å². The molecule has 0 amide bonds. The van der Waals surface area contributed by atoms with Crippen LogP contribution in [-0.4, -0.2) is 12.3 Å². The molecule has 0 fully saturated rings. The summed E-state index contributed by atoms with van der Waals surface area (Å²) in [5, 5.41) is 3.36. The van der Waals surface area contributed by atoms with Crippen LogP contribution in [0.25, 0.3) is 5.57 Å². The topological polar surface area (TPSA) is 29.1 Å². The smallest absolute Gasteiger partial charge is 0.156 e. The van der Waals surface area contributed by atoms with Crippen molar-refractivity contribution >= 4 is 17.0 Å². The Balaban J connectivity index is 2.16. The summed E-state index contributed by atoms with van der Waals surface area (Å²) in [6, 6.07) is 8.18. The first kappa shape index (κ1) is 7.80. The molecule has 1 aliphatic heterocycles. The molecule has 2 aliphatic rings. The van der Waals surface area contributed by atoms with E-state index >= 15 is 0 Å². The van der Waals surface area contributed by atoms with E-state index in [4.69, 9.17) is 0 Å². The maximum atomic E-state index is 11.3. The molecule has 0 bridgehead atoms. The lowest BCUT2D eigenvalue weighted by Gasteiger charge is -2.25. The number of para-hydroxylation sites is 1. The number of anilines is 1. The third-order valence-corrected chi connectivity index (χ3v) is 2.98. The van der Waals surface area contributed by atoms with Crippen molar-refractivity contribution in [3.63, 3.8) is 0 Å². The maximum absolute atomic E-state index is 11.3. The van der Waals surface area contributed by atoms with Crippen LogP contribution in [0, 0.1) is 5.92 Å². The van der Waals surface area contributed by atoms with Crippen molar-refractivity contribution in [1.82, 2.24) is 0 Å². The van der Waals surface area contributed by atoms with Gasteiger partial charge in [0.15, 0.2) is 5.78 Å². The fraction of sp³-hybridized carbons (Fsp3) is 0.250. The van der Waals surface area contributed by atoms with Crippen LogP contribution >= 0.6 is 0 Å². The molecule has 0 saturated heterocycles. The molecule has 70 valence electrons. The minimum atomic E-state index is 0.267. The molecule has 14 heavy (non-hydrogen) atoms. The van der Waals surface area contributed by atoms with Crippen molar-refractivity contribution in [2.45, 2.75) is 6.42 Å². The summed E-state index contributed by atoms with van der Waals surface area (Å²) in [6.45, 7) is 0.897. The Hall–Kier alpha value is -1.57. The predicted molar refractivity (Wildman–Crippen MR) is 56.0 cm³/mol. The Morgan fingerprint density at radius 3 is 3.07 bits per heavy atom. The van der Waals surface area contributed by atoms with Crippen LogP contribution in [0.15, 0.2) is 30.3 Å². The summed E-state index contributed by atoms with van der Waals surface area (Å²) in [5.74, 6) is 0.668. The van der Waals surface area contributed by atoms with Gasteiger partial charge >= 0.3 is 0 Å². The molecule has 1 heterocycles. The number of carbonyl (C=O) groups is 1. The fourth-order valence-corrected chi connectivity index (χ4v) is 2.30. The molecule has 1 atom stereocenters. The van der Waals surface area contributed by atoms with Gasteiger partial charge < -0.3 is 5.32 Å². The van der Waals surface area contributed by atoms with Crippen LogP contribution in [-0.2, 0) is 4.79 Å². The van der Waals surface area contributed by atoms with Gasteiger partial charge in [0, 0.05) is 30.1 Å². The highest BCUT2D eigenvalue weighted by Crippen LogP contribution is 2.39. The van der Waals surface area contributed by atoms with E-state index in [1.165, 1.54) is 11.1 Å². The van der Waals surface area contributed by atoms with Gasteiger partial charge in [-0.3, -0.25) is 4.79 Å². The van der Waals surface area contributed by atoms with Gasteiger partial charge in [-0.15, -0.1) is 0 Å². The average molecular weight is 185 g/mol. The van der Waals surface area contributed by atoms with E-state index in [0.29, 0.717) is 12.3 Å². The Labute approximate surface area is 82.6 Å². The van der Waals surface area contributed by atoms with E-state index < -0.39 is 0 Å². The first-order valence-electron chi connectivity index (χ1n) is 4.92. The van der Waals surface area contributed by atoms with E-state index in [0.717, 1.165) is 12.2 Å². The van der Waals surface area contributed by atoms with Crippen LogP contribution < -0.4 is 5.32 Å². The van der Waals surface area contributed by atoms with Gasteiger partial charge in [0.25, 0.3) is 0 Å². The van der Waals surface area contributed by atoms with Crippen molar-refractivity contribution in [2.24, 2.45) is 5.92 Å². The van der Waals surface area contributed by atoms with Gasteiger partial charge in [-0.2, -0.15) is 0 Å². The minimum absolute atomic E-state index is 0.267. The number of benzene rings is 1. The van der Waals surface area contributed by atoms with Crippen LogP contribution in [0.2, 0.25) is 0 Å². The van der Waals surface area contributed by atoms with Crippen molar-refractivity contribution in [3.8, 4) is 0 Å². The molecule has 0 saturated carbocycles. The van der Waals surface area contributed by atoms with Crippen LogP contribution in [0.5, 0.6) is 0 Å². The highest BCUT2D eigenvalue weighted by Gasteiger charge is 2.29. The molecule has 1 aliphatic carbocycles. The Bertz CT molecular complexity index is 434. The number of hydrogen-bond donors (Lipinski definition) is 1.